The van der Waals surface area contributed by atoms with Gasteiger partial charge in [-0.05, 0) is 60.8 Å². The van der Waals surface area contributed by atoms with E-state index in [2.05, 4.69) is 34.0 Å². The largest absolute Gasteiger partial charge is 0.258 e. The van der Waals surface area contributed by atoms with Crippen LogP contribution in [0, 0.1) is 11.8 Å². The zero-order valence-corrected chi connectivity index (χ0v) is 13.7. The van der Waals surface area contributed by atoms with Gasteiger partial charge in [0, 0.05) is 12.2 Å². The zero-order valence-electron chi connectivity index (χ0n) is 12.9. The Hall–Kier alpha value is -1.72. The summed E-state index contributed by atoms with van der Waals surface area (Å²) in [6.45, 7) is 0. The number of nitrogens with zero attached hydrogens (tertiary/aromatic N) is 1. The van der Waals surface area contributed by atoms with Crippen LogP contribution in [0.15, 0.2) is 53.7 Å². The van der Waals surface area contributed by atoms with Crippen LogP contribution in [-0.2, 0) is 22.9 Å². The molecule has 1 fully saturated rings. The van der Waals surface area contributed by atoms with Gasteiger partial charge in [-0.1, -0.05) is 30.3 Å². The fourth-order valence-corrected chi connectivity index (χ4v) is 5.41. The first-order chi connectivity index (χ1) is 11.1. The van der Waals surface area contributed by atoms with Gasteiger partial charge in [0.1, 0.15) is 0 Å². The Kier molecular flexibility index (Phi) is 3.70. The maximum Gasteiger partial charge on any atom is 0.258 e. The molecular weight excluding hydrogens is 308 g/mol. The molecule has 1 aromatic carbocycles. The van der Waals surface area contributed by atoms with Gasteiger partial charge in [-0.2, -0.15) is 0 Å². The van der Waals surface area contributed by atoms with Crippen molar-refractivity contribution in [2.45, 2.75) is 36.8 Å². The van der Waals surface area contributed by atoms with Gasteiger partial charge in [0.05, 0.1) is 0 Å². The molecule has 1 heterocycles. The fraction of sp³-hybridized carbons (Fsp3) is 0.389. The SMILES string of the molecule is O=S(=O)(NC1C2CCC1Cc1ccccc1C2)c1ccccn1. The van der Waals surface area contributed by atoms with E-state index in [1.54, 1.807) is 18.2 Å². The number of nitrogens with one attached hydrogen (secondary N) is 1. The highest BCUT2D eigenvalue weighted by Crippen LogP contribution is 2.40. The summed E-state index contributed by atoms with van der Waals surface area (Å²) in [5, 5.41) is 0.112. The summed E-state index contributed by atoms with van der Waals surface area (Å²) in [5.74, 6) is 0.754. The maximum absolute atomic E-state index is 12.6. The number of pyridine rings is 1. The molecule has 0 saturated heterocycles. The van der Waals surface area contributed by atoms with Gasteiger partial charge in [-0.15, -0.1) is 0 Å². The standard InChI is InChI=1S/C18H20N2O2S/c21-23(22,17-7-3-4-10-19-17)20-18-15-8-9-16(18)12-14-6-2-1-5-13(14)11-15/h1-7,10,15-16,18,20H,8-9,11-12H2. The van der Waals surface area contributed by atoms with Gasteiger partial charge in [-0.25, -0.2) is 18.1 Å². The molecule has 4 nitrogen and oxygen atoms in total. The Labute approximate surface area is 137 Å². The minimum atomic E-state index is -3.55. The number of fused-ring (bicyclic) bond motifs is 3. The van der Waals surface area contributed by atoms with Crippen molar-refractivity contribution in [2.75, 3.05) is 0 Å². The monoisotopic (exact) mass is 328 g/mol. The van der Waals surface area contributed by atoms with E-state index in [0.717, 1.165) is 25.7 Å². The van der Waals surface area contributed by atoms with Crippen molar-refractivity contribution >= 4 is 10.0 Å². The molecule has 5 heteroatoms. The third kappa shape index (κ3) is 2.79. The summed E-state index contributed by atoms with van der Waals surface area (Å²) >= 11 is 0. The van der Waals surface area contributed by atoms with Crippen LogP contribution in [0.1, 0.15) is 24.0 Å². The van der Waals surface area contributed by atoms with Crippen molar-refractivity contribution in [2.24, 2.45) is 11.8 Å². The maximum atomic E-state index is 12.6. The molecule has 120 valence electrons. The van der Waals surface area contributed by atoms with Crippen molar-refractivity contribution in [3.8, 4) is 0 Å². The molecular formula is C18H20N2O2S. The summed E-state index contributed by atoms with van der Waals surface area (Å²) in [5.41, 5.74) is 2.75. The van der Waals surface area contributed by atoms with Crippen LogP contribution in [0.3, 0.4) is 0 Å². The minimum absolute atomic E-state index is 0.00871. The van der Waals surface area contributed by atoms with Gasteiger partial charge in [-0.3, -0.25) is 0 Å². The first kappa shape index (κ1) is 14.8. The third-order valence-electron chi connectivity index (χ3n) is 5.21. The van der Waals surface area contributed by atoms with Gasteiger partial charge in [0.2, 0.25) is 0 Å². The molecule has 2 aliphatic carbocycles. The molecule has 0 aliphatic heterocycles. The number of hydrogen-bond acceptors (Lipinski definition) is 3. The average Bonchev–Trinajstić information content (AvgIpc) is 2.82. The average molecular weight is 328 g/mol. The predicted octanol–water partition coefficient (Wildman–Crippen LogP) is 2.55. The normalized spacial score (nSPS) is 26.5. The third-order valence-corrected chi connectivity index (χ3v) is 6.59. The lowest BCUT2D eigenvalue weighted by atomic mass is 9.94. The molecule has 1 saturated carbocycles. The Morgan fingerprint density at radius 2 is 1.52 bits per heavy atom. The first-order valence-corrected chi connectivity index (χ1v) is 9.62. The lowest BCUT2D eigenvalue weighted by Gasteiger charge is -2.23. The Morgan fingerprint density at radius 1 is 0.913 bits per heavy atom. The molecule has 23 heavy (non-hydrogen) atoms. The number of rotatable bonds is 3. The summed E-state index contributed by atoms with van der Waals surface area (Å²) in [4.78, 5) is 4.00. The zero-order chi connectivity index (χ0) is 15.9. The highest BCUT2D eigenvalue weighted by atomic mass is 32.2. The van der Waals surface area contributed by atoms with Crippen molar-refractivity contribution in [1.29, 1.82) is 0 Å². The van der Waals surface area contributed by atoms with E-state index in [-0.39, 0.29) is 11.1 Å². The number of hydrogen-bond donors (Lipinski definition) is 1. The van der Waals surface area contributed by atoms with Crippen LogP contribution < -0.4 is 4.72 Å². The van der Waals surface area contributed by atoms with E-state index >= 15 is 0 Å². The van der Waals surface area contributed by atoms with Gasteiger partial charge < -0.3 is 0 Å². The Bertz CT molecular complexity index is 772. The van der Waals surface area contributed by atoms with Gasteiger partial charge in [0.15, 0.2) is 5.03 Å². The molecule has 2 aromatic rings. The van der Waals surface area contributed by atoms with E-state index < -0.39 is 10.0 Å². The van der Waals surface area contributed by atoms with Crippen molar-refractivity contribution in [3.63, 3.8) is 0 Å². The molecule has 0 radical (unpaired) electrons. The van der Waals surface area contributed by atoms with E-state index in [0.29, 0.717) is 11.8 Å². The molecule has 1 aromatic heterocycles. The van der Waals surface area contributed by atoms with Crippen molar-refractivity contribution < 1.29 is 8.42 Å². The van der Waals surface area contributed by atoms with E-state index in [1.165, 1.54) is 17.3 Å². The number of sulfonamides is 1. The molecule has 2 atom stereocenters. The second-order valence-electron chi connectivity index (χ2n) is 6.59. The smallest absolute Gasteiger partial charge is 0.243 e. The highest BCUT2D eigenvalue weighted by molar-refractivity contribution is 7.89. The van der Waals surface area contributed by atoms with Crippen LogP contribution in [0.2, 0.25) is 0 Å². The summed E-state index contributed by atoms with van der Waals surface area (Å²) in [6, 6.07) is 13.5. The minimum Gasteiger partial charge on any atom is -0.243 e. The lowest BCUT2D eigenvalue weighted by Crippen LogP contribution is -2.42. The van der Waals surface area contributed by atoms with E-state index in [1.807, 2.05) is 0 Å². The predicted molar refractivity (Wildman–Crippen MR) is 88.4 cm³/mol. The van der Waals surface area contributed by atoms with E-state index in [4.69, 9.17) is 0 Å². The Morgan fingerprint density at radius 3 is 2.09 bits per heavy atom. The highest BCUT2D eigenvalue weighted by Gasteiger charge is 2.41. The fourth-order valence-electron chi connectivity index (χ4n) is 4.09. The van der Waals surface area contributed by atoms with Crippen molar-refractivity contribution in [3.05, 3.63) is 59.8 Å². The number of aromatic nitrogens is 1. The molecule has 2 unspecified atom stereocenters. The summed E-state index contributed by atoms with van der Waals surface area (Å²) in [6.07, 6.45) is 5.62. The lowest BCUT2D eigenvalue weighted by molar-refractivity contribution is 0.386. The van der Waals surface area contributed by atoms with Crippen LogP contribution in [0.5, 0.6) is 0 Å². The first-order valence-electron chi connectivity index (χ1n) is 8.13. The topological polar surface area (TPSA) is 59.1 Å². The Balaban J connectivity index is 1.62. The van der Waals surface area contributed by atoms with Crippen molar-refractivity contribution in [1.82, 2.24) is 9.71 Å². The molecule has 4 rings (SSSR count). The summed E-state index contributed by atoms with van der Waals surface area (Å²) < 4.78 is 28.2. The molecule has 0 amide bonds. The van der Waals surface area contributed by atoms with E-state index in [9.17, 15) is 8.42 Å². The molecule has 1 N–H and O–H groups in total. The molecule has 2 bridgehead atoms. The molecule has 0 spiro atoms. The van der Waals surface area contributed by atoms with Gasteiger partial charge >= 0.3 is 0 Å². The quantitative estimate of drug-likeness (QED) is 0.942. The van der Waals surface area contributed by atoms with Crippen LogP contribution in [0.25, 0.3) is 0 Å². The second-order valence-corrected chi connectivity index (χ2v) is 8.25. The molecule has 2 aliphatic rings. The van der Waals surface area contributed by atoms with Crippen LogP contribution in [0.4, 0.5) is 0 Å². The van der Waals surface area contributed by atoms with Gasteiger partial charge in [0.25, 0.3) is 10.0 Å². The summed E-state index contributed by atoms with van der Waals surface area (Å²) in [7, 11) is -3.55. The van der Waals surface area contributed by atoms with Crippen LogP contribution >= 0.6 is 0 Å². The second kappa shape index (κ2) is 5.73. The number of benzene rings is 1. The van der Waals surface area contributed by atoms with Crippen LogP contribution in [-0.4, -0.2) is 19.4 Å².